The predicted octanol–water partition coefficient (Wildman–Crippen LogP) is 2.28. The van der Waals surface area contributed by atoms with Crippen LogP contribution in [0.15, 0.2) is 16.0 Å². The van der Waals surface area contributed by atoms with E-state index in [1.165, 1.54) is 11.8 Å². The van der Waals surface area contributed by atoms with Gasteiger partial charge in [0.2, 0.25) is 5.88 Å². The number of pyridine rings is 1. The van der Waals surface area contributed by atoms with Gasteiger partial charge in [-0.05, 0) is 25.7 Å². The molecule has 0 spiro atoms. The summed E-state index contributed by atoms with van der Waals surface area (Å²) in [5.41, 5.74) is 1.43. The molecule has 0 saturated heterocycles. The highest BCUT2D eigenvalue weighted by Crippen LogP contribution is 2.27. The van der Waals surface area contributed by atoms with Crippen molar-refractivity contribution in [3.8, 4) is 5.88 Å². The quantitative estimate of drug-likeness (QED) is 0.376. The second-order valence-electron chi connectivity index (χ2n) is 6.50. The number of hydrogen-bond donors (Lipinski definition) is 2. The summed E-state index contributed by atoms with van der Waals surface area (Å²) in [6, 6.07) is 2.06. The van der Waals surface area contributed by atoms with Crippen LogP contribution in [0, 0.1) is 12.7 Å². The van der Waals surface area contributed by atoms with Crippen LogP contribution >= 0.6 is 23.4 Å². The number of thioether (sulfide) groups is 1. The lowest BCUT2D eigenvalue weighted by Crippen LogP contribution is -2.33. The van der Waals surface area contributed by atoms with Gasteiger partial charge in [0, 0.05) is 19.1 Å². The van der Waals surface area contributed by atoms with Gasteiger partial charge in [-0.3, -0.25) is 9.48 Å². The molecule has 0 unspecified atom stereocenters. The van der Waals surface area contributed by atoms with E-state index in [1.807, 2.05) is 17.7 Å². The molecule has 148 valence electrons. The standard InChI is InChI=1S/C17H18ClFN6O2S/c1-8-5-10-6-20-9(3-4-25(10)24-8)7-27-16-11-13(12(19)14(18)22-16)21-17(28-2)23-15(11)26/h5,9,20H,3-4,6-7H2,1-2H3,(H,21,23,26)/t9-/m0/s1. The normalized spacial score (nSPS) is 16.8. The molecule has 1 aliphatic heterocycles. The number of halogens is 2. The topological polar surface area (TPSA) is 97.7 Å². The molecular weight excluding hydrogens is 407 g/mol. The minimum atomic E-state index is -0.834. The first kappa shape index (κ1) is 19.2. The zero-order valence-corrected chi connectivity index (χ0v) is 16.8. The van der Waals surface area contributed by atoms with Crippen molar-refractivity contribution in [3.05, 3.63) is 38.8 Å². The summed E-state index contributed by atoms with van der Waals surface area (Å²) in [6.45, 7) is 3.62. The zero-order valence-electron chi connectivity index (χ0n) is 15.3. The largest absolute Gasteiger partial charge is 0.475 e. The van der Waals surface area contributed by atoms with Crippen molar-refractivity contribution in [3.63, 3.8) is 0 Å². The number of aromatic nitrogens is 5. The summed E-state index contributed by atoms with van der Waals surface area (Å²) in [5.74, 6) is -0.860. The minimum Gasteiger partial charge on any atom is -0.475 e. The van der Waals surface area contributed by atoms with Gasteiger partial charge in [0.1, 0.15) is 17.5 Å². The van der Waals surface area contributed by atoms with Gasteiger partial charge in [0.05, 0.1) is 11.4 Å². The van der Waals surface area contributed by atoms with Gasteiger partial charge >= 0.3 is 0 Å². The number of ether oxygens (including phenoxy) is 1. The molecule has 0 fully saturated rings. The summed E-state index contributed by atoms with van der Waals surface area (Å²) in [7, 11) is 0. The monoisotopic (exact) mass is 424 g/mol. The van der Waals surface area contributed by atoms with Crippen LogP contribution in [0.3, 0.4) is 0 Å². The minimum absolute atomic E-state index is 0.0141. The number of nitrogens with zero attached hydrogens (tertiary/aromatic N) is 4. The van der Waals surface area contributed by atoms with E-state index < -0.39 is 11.4 Å². The van der Waals surface area contributed by atoms with Crippen LogP contribution in [0.5, 0.6) is 5.88 Å². The maximum absolute atomic E-state index is 14.4. The van der Waals surface area contributed by atoms with Crippen molar-refractivity contribution in [2.45, 2.75) is 37.6 Å². The molecule has 0 radical (unpaired) electrons. The fourth-order valence-electron chi connectivity index (χ4n) is 3.19. The molecule has 8 nitrogen and oxygen atoms in total. The Hall–Kier alpha value is -2.17. The lowest BCUT2D eigenvalue weighted by Gasteiger charge is -2.17. The number of H-pyrrole nitrogens is 1. The molecule has 3 aromatic heterocycles. The summed E-state index contributed by atoms with van der Waals surface area (Å²) >= 11 is 7.09. The van der Waals surface area contributed by atoms with Crippen LogP contribution < -0.4 is 15.6 Å². The first-order chi connectivity index (χ1) is 13.5. The summed E-state index contributed by atoms with van der Waals surface area (Å²) in [4.78, 5) is 23.1. The number of hydrogen-bond acceptors (Lipinski definition) is 7. The Morgan fingerprint density at radius 3 is 3.07 bits per heavy atom. The summed E-state index contributed by atoms with van der Waals surface area (Å²) < 4.78 is 22.1. The molecule has 0 saturated carbocycles. The van der Waals surface area contributed by atoms with Gasteiger partial charge < -0.3 is 15.0 Å². The Morgan fingerprint density at radius 1 is 1.46 bits per heavy atom. The SMILES string of the molecule is CSc1nc2c(F)c(Cl)nc(OC[C@@H]3CCn4nc(C)cc4CN3)c2c(=O)[nH]1. The maximum atomic E-state index is 14.4. The summed E-state index contributed by atoms with van der Waals surface area (Å²) in [6.07, 6.45) is 2.51. The van der Waals surface area contributed by atoms with E-state index in [9.17, 15) is 9.18 Å². The molecule has 1 atom stereocenters. The first-order valence-electron chi connectivity index (χ1n) is 8.68. The fraction of sp³-hybridized carbons (Fsp3) is 0.412. The summed E-state index contributed by atoms with van der Waals surface area (Å²) in [5, 5.41) is 7.73. The van der Waals surface area contributed by atoms with E-state index in [-0.39, 0.29) is 34.6 Å². The number of fused-ring (bicyclic) bond motifs is 2. The van der Waals surface area contributed by atoms with Crippen molar-refractivity contribution in [1.29, 1.82) is 0 Å². The number of aryl methyl sites for hydroxylation is 2. The Labute approximate surface area is 168 Å². The first-order valence-corrected chi connectivity index (χ1v) is 10.3. The van der Waals surface area contributed by atoms with Crippen molar-refractivity contribution < 1.29 is 9.13 Å². The Bertz CT molecular complexity index is 1080. The number of rotatable bonds is 4. The maximum Gasteiger partial charge on any atom is 0.265 e. The highest BCUT2D eigenvalue weighted by Gasteiger charge is 2.22. The van der Waals surface area contributed by atoms with E-state index in [0.29, 0.717) is 11.7 Å². The number of nitrogens with one attached hydrogen (secondary N) is 2. The molecule has 1 aliphatic rings. The zero-order chi connectivity index (χ0) is 19.8. The van der Waals surface area contributed by atoms with Crippen molar-refractivity contribution >= 4 is 34.3 Å². The molecule has 0 amide bonds. The molecule has 2 N–H and O–H groups in total. The van der Waals surface area contributed by atoms with Gasteiger partial charge in [0.15, 0.2) is 16.1 Å². The van der Waals surface area contributed by atoms with Crippen LogP contribution in [0.4, 0.5) is 4.39 Å². The van der Waals surface area contributed by atoms with Gasteiger partial charge in [-0.2, -0.15) is 10.1 Å². The lowest BCUT2D eigenvalue weighted by atomic mass is 10.2. The fourth-order valence-corrected chi connectivity index (χ4v) is 3.73. The van der Waals surface area contributed by atoms with Crippen molar-refractivity contribution in [1.82, 2.24) is 30.0 Å². The molecule has 28 heavy (non-hydrogen) atoms. The highest BCUT2D eigenvalue weighted by molar-refractivity contribution is 7.98. The molecule has 3 aromatic rings. The van der Waals surface area contributed by atoms with Crippen LogP contribution in [0.1, 0.15) is 17.8 Å². The van der Waals surface area contributed by atoms with Gasteiger partial charge in [-0.25, -0.2) is 9.37 Å². The lowest BCUT2D eigenvalue weighted by molar-refractivity contribution is 0.250. The average Bonchev–Trinajstić information content (AvgIpc) is 2.93. The van der Waals surface area contributed by atoms with E-state index in [0.717, 1.165) is 24.4 Å². The van der Waals surface area contributed by atoms with E-state index >= 15 is 0 Å². The Balaban J connectivity index is 1.57. The van der Waals surface area contributed by atoms with E-state index in [1.54, 1.807) is 6.26 Å². The third-order valence-electron chi connectivity index (χ3n) is 4.56. The molecular formula is C17H18ClFN6O2S. The van der Waals surface area contributed by atoms with E-state index in [2.05, 4.69) is 25.4 Å². The van der Waals surface area contributed by atoms with Crippen molar-refractivity contribution in [2.75, 3.05) is 12.9 Å². The molecule has 4 rings (SSSR count). The molecule has 0 aromatic carbocycles. The molecule has 11 heteroatoms. The third-order valence-corrected chi connectivity index (χ3v) is 5.39. The second kappa shape index (κ2) is 7.69. The van der Waals surface area contributed by atoms with E-state index in [4.69, 9.17) is 16.3 Å². The average molecular weight is 425 g/mol. The van der Waals surface area contributed by atoms with Gasteiger partial charge in [-0.1, -0.05) is 23.4 Å². The van der Waals surface area contributed by atoms with Crippen LogP contribution in [-0.4, -0.2) is 43.6 Å². The number of aromatic amines is 1. The highest BCUT2D eigenvalue weighted by atomic mass is 35.5. The smallest absolute Gasteiger partial charge is 0.265 e. The third kappa shape index (κ3) is 3.59. The van der Waals surface area contributed by atoms with Crippen molar-refractivity contribution in [2.24, 2.45) is 0 Å². The van der Waals surface area contributed by atoms with Gasteiger partial charge in [-0.15, -0.1) is 0 Å². The van der Waals surface area contributed by atoms with Crippen LogP contribution in [0.2, 0.25) is 5.15 Å². The molecule has 4 heterocycles. The van der Waals surface area contributed by atoms with Crippen LogP contribution in [0.25, 0.3) is 10.9 Å². The molecule has 0 aliphatic carbocycles. The Morgan fingerprint density at radius 2 is 2.29 bits per heavy atom. The molecule has 0 bridgehead atoms. The Kier molecular flexibility index (Phi) is 5.26. The second-order valence-corrected chi connectivity index (χ2v) is 7.65. The predicted molar refractivity (Wildman–Crippen MR) is 105 cm³/mol. The van der Waals surface area contributed by atoms with Gasteiger partial charge in [0.25, 0.3) is 5.56 Å². The van der Waals surface area contributed by atoms with Crippen LogP contribution in [-0.2, 0) is 13.1 Å².